The standard InChI is InChI=1S/C15H28N2O4/c1-14(2)7-5-11(6-8-14)17(4)13(20)16-10-15(3,21)9-12(18)19/h11,21H,5-10H2,1-4H3,(H,16,20)(H,18,19). The van der Waals surface area contributed by atoms with E-state index >= 15 is 0 Å². The third-order valence-electron chi connectivity index (χ3n) is 4.33. The van der Waals surface area contributed by atoms with E-state index in [-0.39, 0.29) is 18.6 Å². The van der Waals surface area contributed by atoms with Gasteiger partial charge in [-0.15, -0.1) is 0 Å². The van der Waals surface area contributed by atoms with E-state index in [2.05, 4.69) is 19.2 Å². The number of rotatable bonds is 5. The van der Waals surface area contributed by atoms with E-state index in [1.165, 1.54) is 6.92 Å². The first kappa shape index (κ1) is 17.8. The van der Waals surface area contributed by atoms with Gasteiger partial charge in [-0.05, 0) is 38.0 Å². The topological polar surface area (TPSA) is 89.9 Å². The number of carboxylic acid groups (broad SMARTS) is 1. The number of urea groups is 1. The molecule has 0 saturated heterocycles. The van der Waals surface area contributed by atoms with Crippen LogP contribution in [0.15, 0.2) is 0 Å². The minimum Gasteiger partial charge on any atom is -0.481 e. The number of hydrogen-bond donors (Lipinski definition) is 3. The monoisotopic (exact) mass is 300 g/mol. The Morgan fingerprint density at radius 1 is 1.33 bits per heavy atom. The summed E-state index contributed by atoms with van der Waals surface area (Å²) in [6, 6.07) is -0.0483. The van der Waals surface area contributed by atoms with Crippen molar-refractivity contribution >= 4 is 12.0 Å². The normalized spacial score (nSPS) is 21.4. The number of carbonyl (C=O) groups is 2. The van der Waals surface area contributed by atoms with E-state index in [4.69, 9.17) is 5.11 Å². The molecule has 1 aliphatic carbocycles. The van der Waals surface area contributed by atoms with Crippen molar-refractivity contribution in [1.29, 1.82) is 0 Å². The van der Waals surface area contributed by atoms with E-state index < -0.39 is 18.0 Å². The van der Waals surface area contributed by atoms with Crippen LogP contribution in [0.2, 0.25) is 0 Å². The molecule has 0 aromatic heterocycles. The zero-order valence-electron chi connectivity index (χ0n) is 13.5. The van der Waals surface area contributed by atoms with Crippen molar-refractivity contribution in [3.05, 3.63) is 0 Å². The Labute approximate surface area is 126 Å². The van der Waals surface area contributed by atoms with Gasteiger partial charge in [-0.1, -0.05) is 13.8 Å². The maximum atomic E-state index is 12.1. The molecule has 0 aromatic rings. The van der Waals surface area contributed by atoms with Gasteiger partial charge in [0.05, 0.1) is 12.0 Å². The van der Waals surface area contributed by atoms with E-state index in [1.54, 1.807) is 11.9 Å². The van der Waals surface area contributed by atoms with Gasteiger partial charge < -0.3 is 20.4 Å². The Kier molecular flexibility index (Phi) is 5.61. The zero-order chi connectivity index (χ0) is 16.3. The molecular formula is C15H28N2O4. The summed E-state index contributed by atoms with van der Waals surface area (Å²) in [6.07, 6.45) is 3.73. The van der Waals surface area contributed by atoms with Crippen LogP contribution in [-0.2, 0) is 4.79 Å². The van der Waals surface area contributed by atoms with Gasteiger partial charge in [0.1, 0.15) is 0 Å². The van der Waals surface area contributed by atoms with Crippen molar-refractivity contribution in [3.63, 3.8) is 0 Å². The molecule has 0 heterocycles. The van der Waals surface area contributed by atoms with Crippen LogP contribution in [0.1, 0.15) is 52.9 Å². The molecule has 1 rings (SSSR count). The van der Waals surface area contributed by atoms with Gasteiger partial charge in [0.2, 0.25) is 0 Å². The van der Waals surface area contributed by atoms with Crippen LogP contribution in [-0.4, -0.2) is 52.3 Å². The second-order valence-corrected chi connectivity index (χ2v) is 7.23. The molecule has 1 aliphatic rings. The van der Waals surface area contributed by atoms with Gasteiger partial charge >= 0.3 is 12.0 Å². The number of aliphatic hydroxyl groups is 1. The van der Waals surface area contributed by atoms with Crippen LogP contribution >= 0.6 is 0 Å². The molecule has 122 valence electrons. The number of hydrogen-bond acceptors (Lipinski definition) is 3. The molecule has 0 radical (unpaired) electrons. The second kappa shape index (κ2) is 6.64. The van der Waals surface area contributed by atoms with Crippen LogP contribution < -0.4 is 5.32 Å². The highest BCUT2D eigenvalue weighted by Crippen LogP contribution is 2.36. The predicted octanol–water partition coefficient (Wildman–Crippen LogP) is 1.82. The maximum absolute atomic E-state index is 12.1. The molecular weight excluding hydrogens is 272 g/mol. The number of carboxylic acids is 1. The molecule has 6 heteroatoms. The molecule has 0 spiro atoms. The molecule has 0 bridgehead atoms. The zero-order valence-corrected chi connectivity index (χ0v) is 13.5. The van der Waals surface area contributed by atoms with Crippen LogP contribution in [0.3, 0.4) is 0 Å². The van der Waals surface area contributed by atoms with Crippen molar-refractivity contribution in [2.24, 2.45) is 5.41 Å². The quantitative estimate of drug-likeness (QED) is 0.722. The van der Waals surface area contributed by atoms with Crippen molar-refractivity contribution in [2.75, 3.05) is 13.6 Å². The van der Waals surface area contributed by atoms with Crippen molar-refractivity contribution in [1.82, 2.24) is 10.2 Å². The third kappa shape index (κ3) is 5.91. The fourth-order valence-corrected chi connectivity index (χ4v) is 2.72. The minimum atomic E-state index is -1.43. The minimum absolute atomic E-state index is 0.0688. The largest absolute Gasteiger partial charge is 0.481 e. The SMILES string of the molecule is CN(C(=O)NCC(C)(O)CC(=O)O)C1CCC(C)(C)CC1. The fraction of sp³-hybridized carbons (Fsp3) is 0.867. The summed E-state index contributed by atoms with van der Waals surface area (Å²) in [5.41, 5.74) is -1.09. The smallest absolute Gasteiger partial charge is 0.317 e. The predicted molar refractivity (Wildman–Crippen MR) is 80.1 cm³/mol. The number of nitrogens with one attached hydrogen (secondary N) is 1. The van der Waals surface area contributed by atoms with Crippen LogP contribution in [0.25, 0.3) is 0 Å². The number of carbonyl (C=O) groups excluding carboxylic acids is 1. The van der Waals surface area contributed by atoms with E-state index in [9.17, 15) is 14.7 Å². The number of nitrogens with zero attached hydrogens (tertiary/aromatic N) is 1. The Bertz CT molecular complexity index is 383. The Hall–Kier alpha value is -1.30. The summed E-state index contributed by atoms with van der Waals surface area (Å²) in [5, 5.41) is 21.2. The molecule has 0 aliphatic heterocycles. The first-order chi connectivity index (χ1) is 9.52. The highest BCUT2D eigenvalue weighted by Gasteiger charge is 2.31. The Morgan fingerprint density at radius 2 is 1.86 bits per heavy atom. The molecule has 1 fully saturated rings. The molecule has 1 unspecified atom stereocenters. The first-order valence-electron chi connectivity index (χ1n) is 7.47. The molecule has 3 N–H and O–H groups in total. The maximum Gasteiger partial charge on any atom is 0.317 e. The highest BCUT2D eigenvalue weighted by molar-refractivity contribution is 5.74. The Morgan fingerprint density at radius 3 is 2.33 bits per heavy atom. The summed E-state index contributed by atoms with van der Waals surface area (Å²) in [4.78, 5) is 24.4. The number of aliphatic carboxylic acids is 1. The van der Waals surface area contributed by atoms with E-state index in [0.29, 0.717) is 5.41 Å². The molecule has 1 atom stereocenters. The summed E-state index contributed by atoms with van der Waals surface area (Å²) >= 11 is 0. The van der Waals surface area contributed by atoms with Gasteiger partial charge in [0, 0.05) is 19.6 Å². The first-order valence-corrected chi connectivity index (χ1v) is 7.47. The molecule has 1 saturated carbocycles. The average Bonchev–Trinajstić information content (AvgIpc) is 2.33. The molecule has 6 nitrogen and oxygen atoms in total. The summed E-state index contributed by atoms with van der Waals surface area (Å²) < 4.78 is 0. The van der Waals surface area contributed by atoms with Crippen LogP contribution in [0.4, 0.5) is 4.79 Å². The van der Waals surface area contributed by atoms with Crippen LogP contribution in [0.5, 0.6) is 0 Å². The summed E-state index contributed by atoms with van der Waals surface area (Å²) in [7, 11) is 1.75. The summed E-state index contributed by atoms with van der Waals surface area (Å²) in [6.45, 7) is 5.82. The molecule has 0 aromatic carbocycles. The molecule has 21 heavy (non-hydrogen) atoms. The highest BCUT2D eigenvalue weighted by atomic mass is 16.4. The van der Waals surface area contributed by atoms with Gasteiger partial charge in [-0.3, -0.25) is 4.79 Å². The fourth-order valence-electron chi connectivity index (χ4n) is 2.72. The lowest BCUT2D eigenvalue weighted by atomic mass is 9.75. The second-order valence-electron chi connectivity index (χ2n) is 7.23. The lowest BCUT2D eigenvalue weighted by molar-refractivity contribution is -0.141. The van der Waals surface area contributed by atoms with Crippen LogP contribution in [0, 0.1) is 5.41 Å². The van der Waals surface area contributed by atoms with Crippen molar-refractivity contribution in [2.45, 2.75) is 64.5 Å². The van der Waals surface area contributed by atoms with E-state index in [0.717, 1.165) is 25.7 Å². The molecule has 2 amide bonds. The van der Waals surface area contributed by atoms with Gasteiger partial charge in [-0.2, -0.15) is 0 Å². The lowest BCUT2D eigenvalue weighted by Gasteiger charge is -2.38. The summed E-state index contributed by atoms with van der Waals surface area (Å²) in [5.74, 6) is -1.09. The van der Waals surface area contributed by atoms with Gasteiger partial charge in [0.15, 0.2) is 0 Å². The Balaban J connectivity index is 2.43. The average molecular weight is 300 g/mol. The van der Waals surface area contributed by atoms with Gasteiger partial charge in [-0.25, -0.2) is 4.79 Å². The number of amides is 2. The van der Waals surface area contributed by atoms with Gasteiger partial charge in [0.25, 0.3) is 0 Å². The van der Waals surface area contributed by atoms with E-state index in [1.807, 2.05) is 0 Å². The van der Waals surface area contributed by atoms with Crippen molar-refractivity contribution in [3.8, 4) is 0 Å². The van der Waals surface area contributed by atoms with Crippen molar-refractivity contribution < 1.29 is 19.8 Å². The third-order valence-corrected chi connectivity index (χ3v) is 4.33. The lowest BCUT2D eigenvalue weighted by Crippen LogP contribution is -2.50.